The Morgan fingerprint density at radius 3 is 2.61 bits per heavy atom. The summed E-state index contributed by atoms with van der Waals surface area (Å²) < 4.78 is 50.5. The molecule has 0 radical (unpaired) electrons. The van der Waals surface area contributed by atoms with Crippen LogP contribution in [-0.4, -0.2) is 36.5 Å². The fourth-order valence-electron chi connectivity index (χ4n) is 2.97. The van der Waals surface area contributed by atoms with Gasteiger partial charge in [-0.15, -0.1) is 0 Å². The molecule has 1 saturated carbocycles. The zero-order valence-electron chi connectivity index (χ0n) is 15.7. The highest BCUT2D eigenvalue weighted by Gasteiger charge is 2.37. The van der Waals surface area contributed by atoms with Crippen LogP contribution in [0.2, 0.25) is 0 Å². The van der Waals surface area contributed by atoms with Crippen LogP contribution >= 0.6 is 0 Å². The van der Waals surface area contributed by atoms with Crippen molar-refractivity contribution in [3.05, 3.63) is 41.2 Å². The van der Waals surface area contributed by atoms with E-state index in [2.05, 4.69) is 10.4 Å². The molecule has 152 valence electrons. The molecule has 0 spiro atoms. The number of alkyl halides is 3. The molecule has 3 rings (SSSR count). The number of rotatable bonds is 8. The third-order valence-electron chi connectivity index (χ3n) is 4.58. The molecule has 1 N–H and O–H groups in total. The van der Waals surface area contributed by atoms with Crippen LogP contribution < -0.4 is 14.8 Å². The van der Waals surface area contributed by atoms with Crippen LogP contribution in [0.5, 0.6) is 11.5 Å². The Bertz CT molecular complexity index is 845. The maximum absolute atomic E-state index is 12.9. The maximum Gasteiger partial charge on any atom is 0.435 e. The van der Waals surface area contributed by atoms with Crippen molar-refractivity contribution in [2.24, 2.45) is 0 Å². The number of nitrogens with one attached hydrogen (secondary N) is 1. The Kier molecular flexibility index (Phi) is 5.81. The van der Waals surface area contributed by atoms with E-state index < -0.39 is 11.9 Å². The first kappa shape index (κ1) is 20.0. The van der Waals surface area contributed by atoms with Gasteiger partial charge in [-0.25, -0.2) is 0 Å². The van der Waals surface area contributed by atoms with E-state index in [1.54, 1.807) is 18.2 Å². The third-order valence-corrected chi connectivity index (χ3v) is 4.58. The molecule has 1 heterocycles. The first-order valence-corrected chi connectivity index (χ1v) is 8.98. The number of hydrogen-bond acceptors (Lipinski definition) is 4. The number of aryl methyl sites for hydroxylation is 1. The highest BCUT2D eigenvalue weighted by Crippen LogP contribution is 2.42. The van der Waals surface area contributed by atoms with Crippen LogP contribution in [0.25, 0.3) is 0 Å². The molecule has 1 aliphatic rings. The maximum atomic E-state index is 12.9. The summed E-state index contributed by atoms with van der Waals surface area (Å²) in [5, 5.41) is 6.47. The number of ether oxygens (including phenoxy) is 2. The van der Waals surface area contributed by atoms with Gasteiger partial charge < -0.3 is 14.8 Å². The van der Waals surface area contributed by atoms with E-state index in [-0.39, 0.29) is 11.8 Å². The third kappa shape index (κ3) is 4.58. The number of amides is 1. The van der Waals surface area contributed by atoms with Crippen LogP contribution in [0, 0.1) is 0 Å². The zero-order valence-corrected chi connectivity index (χ0v) is 15.7. The van der Waals surface area contributed by atoms with Crippen molar-refractivity contribution in [3.63, 3.8) is 0 Å². The van der Waals surface area contributed by atoms with Gasteiger partial charge in [-0.05, 0) is 37.5 Å². The van der Waals surface area contributed by atoms with Gasteiger partial charge in [0.25, 0.3) is 5.91 Å². The van der Waals surface area contributed by atoms with E-state index in [1.807, 2.05) is 0 Å². The molecule has 1 aliphatic carbocycles. The Morgan fingerprint density at radius 2 is 2.00 bits per heavy atom. The zero-order chi connectivity index (χ0) is 20.3. The van der Waals surface area contributed by atoms with Crippen molar-refractivity contribution in [1.29, 1.82) is 0 Å². The molecule has 0 saturated heterocycles. The average Bonchev–Trinajstić information content (AvgIpc) is 3.42. The first-order chi connectivity index (χ1) is 13.3. The lowest BCUT2D eigenvalue weighted by atomic mass is 10.1. The minimum Gasteiger partial charge on any atom is -0.497 e. The van der Waals surface area contributed by atoms with Crippen molar-refractivity contribution in [1.82, 2.24) is 15.1 Å². The minimum absolute atomic E-state index is 0.154. The molecule has 9 heteroatoms. The molecule has 0 aliphatic heterocycles. The van der Waals surface area contributed by atoms with Gasteiger partial charge in [0.15, 0.2) is 5.69 Å². The standard InChI is InChI=1S/C19H22F3N3O3/c1-27-13-6-7-14(16(10-13)28-2)18(26)23-8-3-9-25-15(12-4-5-12)11-17(24-25)19(20,21)22/h6-7,10-12H,3-5,8-9H2,1-2H3,(H,23,26). The summed E-state index contributed by atoms with van der Waals surface area (Å²) in [4.78, 5) is 12.4. The molecule has 1 amide bonds. The molecule has 28 heavy (non-hydrogen) atoms. The topological polar surface area (TPSA) is 65.4 Å². The van der Waals surface area contributed by atoms with Crippen LogP contribution in [0.1, 0.15) is 46.9 Å². The molecule has 0 unspecified atom stereocenters. The Balaban J connectivity index is 1.58. The second kappa shape index (κ2) is 8.12. The predicted octanol–water partition coefficient (Wildman–Crippen LogP) is 3.62. The Labute approximate surface area is 160 Å². The Morgan fingerprint density at radius 1 is 1.25 bits per heavy atom. The number of carbonyl (C=O) groups excluding carboxylic acids is 1. The fraction of sp³-hybridized carbons (Fsp3) is 0.474. The van der Waals surface area contributed by atoms with Crippen LogP contribution in [0.4, 0.5) is 13.2 Å². The Hall–Kier alpha value is -2.71. The average molecular weight is 397 g/mol. The molecule has 0 atom stereocenters. The normalized spacial score (nSPS) is 14.0. The molecule has 2 aromatic rings. The van der Waals surface area contributed by atoms with Gasteiger partial charge >= 0.3 is 6.18 Å². The van der Waals surface area contributed by atoms with Crippen molar-refractivity contribution in [2.45, 2.75) is 37.9 Å². The molecular weight excluding hydrogens is 375 g/mol. The van der Waals surface area contributed by atoms with Crippen LogP contribution in [-0.2, 0) is 12.7 Å². The molecule has 1 aromatic heterocycles. The van der Waals surface area contributed by atoms with E-state index in [1.165, 1.54) is 18.9 Å². The van der Waals surface area contributed by atoms with E-state index >= 15 is 0 Å². The number of hydrogen-bond donors (Lipinski definition) is 1. The van der Waals surface area contributed by atoms with Crippen molar-refractivity contribution in [3.8, 4) is 11.5 Å². The molecule has 6 nitrogen and oxygen atoms in total. The van der Waals surface area contributed by atoms with E-state index in [0.717, 1.165) is 18.9 Å². The van der Waals surface area contributed by atoms with Crippen LogP contribution in [0.3, 0.4) is 0 Å². The van der Waals surface area contributed by atoms with Gasteiger partial charge in [-0.3, -0.25) is 9.48 Å². The molecular formula is C19H22F3N3O3. The lowest BCUT2D eigenvalue weighted by Crippen LogP contribution is -2.26. The highest BCUT2D eigenvalue weighted by molar-refractivity contribution is 5.97. The fourth-order valence-corrected chi connectivity index (χ4v) is 2.97. The van der Waals surface area contributed by atoms with Gasteiger partial charge in [0.05, 0.1) is 19.8 Å². The van der Waals surface area contributed by atoms with Gasteiger partial charge in [-0.2, -0.15) is 18.3 Å². The number of methoxy groups -OCH3 is 2. The minimum atomic E-state index is -4.45. The molecule has 0 bridgehead atoms. The smallest absolute Gasteiger partial charge is 0.435 e. The van der Waals surface area contributed by atoms with Gasteiger partial charge in [0, 0.05) is 30.8 Å². The summed E-state index contributed by atoms with van der Waals surface area (Å²) in [5.41, 5.74) is 0.122. The largest absolute Gasteiger partial charge is 0.497 e. The summed E-state index contributed by atoms with van der Waals surface area (Å²) in [5.74, 6) is 0.787. The quantitative estimate of drug-likeness (QED) is 0.691. The summed E-state index contributed by atoms with van der Waals surface area (Å²) in [6.45, 7) is 0.612. The number of benzene rings is 1. The SMILES string of the molecule is COc1ccc(C(=O)NCCCn2nc(C(F)(F)F)cc2C2CC2)c(OC)c1. The second-order valence-corrected chi connectivity index (χ2v) is 6.63. The molecule has 1 aromatic carbocycles. The van der Waals surface area contributed by atoms with E-state index in [4.69, 9.17) is 9.47 Å². The van der Waals surface area contributed by atoms with Crippen molar-refractivity contribution in [2.75, 3.05) is 20.8 Å². The summed E-state index contributed by atoms with van der Waals surface area (Å²) in [6, 6.07) is 6.00. The van der Waals surface area contributed by atoms with Crippen molar-refractivity contribution >= 4 is 5.91 Å². The van der Waals surface area contributed by atoms with E-state index in [0.29, 0.717) is 42.3 Å². The lowest BCUT2D eigenvalue weighted by molar-refractivity contribution is -0.141. The summed E-state index contributed by atoms with van der Waals surface area (Å²) in [6.07, 6.45) is -2.22. The first-order valence-electron chi connectivity index (χ1n) is 8.98. The number of halogens is 3. The van der Waals surface area contributed by atoms with Gasteiger partial charge in [0.1, 0.15) is 11.5 Å². The highest BCUT2D eigenvalue weighted by atomic mass is 19.4. The predicted molar refractivity (Wildman–Crippen MR) is 95.7 cm³/mol. The van der Waals surface area contributed by atoms with Crippen molar-refractivity contribution < 1.29 is 27.4 Å². The van der Waals surface area contributed by atoms with Gasteiger partial charge in [-0.1, -0.05) is 0 Å². The van der Waals surface area contributed by atoms with Gasteiger partial charge in [0.2, 0.25) is 0 Å². The second-order valence-electron chi connectivity index (χ2n) is 6.63. The summed E-state index contributed by atoms with van der Waals surface area (Å²) >= 11 is 0. The molecule has 1 fully saturated rings. The van der Waals surface area contributed by atoms with Crippen LogP contribution in [0.15, 0.2) is 24.3 Å². The monoisotopic (exact) mass is 397 g/mol. The number of nitrogens with zero attached hydrogens (tertiary/aromatic N) is 2. The van der Waals surface area contributed by atoms with E-state index in [9.17, 15) is 18.0 Å². The summed E-state index contributed by atoms with van der Waals surface area (Å²) in [7, 11) is 2.98. The lowest BCUT2D eigenvalue weighted by Gasteiger charge is -2.11. The number of aromatic nitrogens is 2. The number of carbonyl (C=O) groups is 1.